The monoisotopic (exact) mass is 223 g/mol. The molecule has 0 aliphatic heterocycles. The Kier molecular flexibility index (Phi) is 8.98. The molecule has 0 heterocycles. The average molecular weight is 224 g/mol. The zero-order valence-electron chi connectivity index (χ0n) is 6.54. The Morgan fingerprint density at radius 3 is 2.33 bits per heavy atom. The van der Waals surface area contributed by atoms with Gasteiger partial charge in [-0.1, -0.05) is 0 Å². The van der Waals surface area contributed by atoms with Crippen LogP contribution >= 0.6 is 11.6 Å². The molecule has 1 N–H and O–H groups in total. The summed E-state index contributed by atoms with van der Waals surface area (Å²) in [5.41, 5.74) is 0. The van der Waals surface area contributed by atoms with E-state index in [1.54, 1.807) is 0 Å². The zero-order valence-corrected chi connectivity index (χ0v) is 10.1. The second kappa shape index (κ2) is 7.11. The van der Waals surface area contributed by atoms with E-state index in [1.165, 1.54) is 0 Å². The van der Waals surface area contributed by atoms with Crippen molar-refractivity contribution in [2.45, 2.75) is 0 Å². The van der Waals surface area contributed by atoms with Crippen LogP contribution in [0.25, 0.3) is 0 Å². The fraction of sp³-hybridized carbons (Fsp3) is 0.750. The van der Waals surface area contributed by atoms with E-state index in [1.807, 2.05) is 0 Å². The number of hydrogen-bond donors (Lipinski definition) is 1. The van der Waals surface area contributed by atoms with Crippen molar-refractivity contribution in [3.8, 4) is 0 Å². The molecule has 0 saturated carbocycles. The number of rotatable bonds is 4. The molecule has 0 aliphatic carbocycles. The molecule has 1 amide bonds. The average Bonchev–Trinajstić information content (AvgIpc) is 1.85. The van der Waals surface area contributed by atoms with Crippen molar-refractivity contribution < 1.29 is 47.3 Å². The summed E-state index contributed by atoms with van der Waals surface area (Å²) in [4.78, 5) is 10.4. The maximum absolute atomic E-state index is 10.4. The number of amides is 1. The number of hydrogen-bond acceptors (Lipinski definition) is 4. The van der Waals surface area contributed by atoms with Gasteiger partial charge in [0.2, 0.25) is 5.91 Å². The van der Waals surface area contributed by atoms with E-state index < -0.39 is 21.8 Å². The fourth-order valence-corrected chi connectivity index (χ4v) is 0.809. The molecule has 0 rings (SSSR count). The summed E-state index contributed by atoms with van der Waals surface area (Å²) in [6.45, 7) is -0.183. The quantitative estimate of drug-likeness (QED) is 0.298. The van der Waals surface area contributed by atoms with Crippen LogP contribution in [0.4, 0.5) is 0 Å². The van der Waals surface area contributed by atoms with Crippen LogP contribution in [0.5, 0.6) is 0 Å². The molecule has 0 atom stereocenters. The third-order valence-electron chi connectivity index (χ3n) is 0.796. The number of alkyl halides is 1. The molecule has 0 aliphatic rings. The standard InChI is InChI=1S/C4H8ClNO4S.Na/c5-3-4(7)6-1-2-11(8,9)10;/h1-3H2,(H,6,7)(H,8,9,10);/q;+1/p-1. The Bertz CT molecular complexity index is 229. The second-order valence-electron chi connectivity index (χ2n) is 1.75. The first-order chi connectivity index (χ1) is 4.95. The molecule has 0 unspecified atom stereocenters. The summed E-state index contributed by atoms with van der Waals surface area (Å²) in [6, 6.07) is 0. The predicted molar refractivity (Wildman–Crippen MR) is 38.3 cm³/mol. The number of nitrogens with one attached hydrogen (secondary N) is 1. The van der Waals surface area contributed by atoms with E-state index in [2.05, 4.69) is 5.32 Å². The normalized spacial score (nSPS) is 10.2. The van der Waals surface area contributed by atoms with Gasteiger partial charge in [-0.3, -0.25) is 4.79 Å². The summed E-state index contributed by atoms with van der Waals surface area (Å²) < 4.78 is 29.9. The summed E-state index contributed by atoms with van der Waals surface area (Å²) in [7, 11) is -4.24. The first kappa shape index (κ1) is 15.2. The Morgan fingerprint density at radius 1 is 1.50 bits per heavy atom. The molecule has 5 nitrogen and oxygen atoms in total. The topological polar surface area (TPSA) is 86.3 Å². The molecule has 12 heavy (non-hydrogen) atoms. The minimum absolute atomic E-state index is 0. The molecule has 66 valence electrons. The maximum Gasteiger partial charge on any atom is 1.00 e. The van der Waals surface area contributed by atoms with Crippen LogP contribution in [0.2, 0.25) is 0 Å². The third-order valence-corrected chi connectivity index (χ3v) is 1.74. The van der Waals surface area contributed by atoms with Crippen molar-refractivity contribution in [2.75, 3.05) is 18.2 Å². The van der Waals surface area contributed by atoms with Crippen LogP contribution in [-0.2, 0) is 14.9 Å². The van der Waals surface area contributed by atoms with Crippen molar-refractivity contribution >= 4 is 27.6 Å². The first-order valence-electron chi connectivity index (χ1n) is 2.72. The van der Waals surface area contributed by atoms with Gasteiger partial charge in [-0.05, 0) is 0 Å². The molecule has 0 aromatic carbocycles. The van der Waals surface area contributed by atoms with E-state index in [0.29, 0.717) is 0 Å². The minimum atomic E-state index is -4.24. The second-order valence-corrected chi connectivity index (χ2v) is 3.54. The van der Waals surface area contributed by atoms with Gasteiger partial charge in [0.1, 0.15) is 5.88 Å². The van der Waals surface area contributed by atoms with E-state index >= 15 is 0 Å². The predicted octanol–water partition coefficient (Wildman–Crippen LogP) is -4.11. The Balaban J connectivity index is 0. The van der Waals surface area contributed by atoms with Crippen LogP contribution in [0.1, 0.15) is 0 Å². The van der Waals surface area contributed by atoms with E-state index in [-0.39, 0.29) is 42.0 Å². The minimum Gasteiger partial charge on any atom is -0.748 e. The van der Waals surface area contributed by atoms with Crippen molar-refractivity contribution in [3.63, 3.8) is 0 Å². The van der Waals surface area contributed by atoms with E-state index in [0.717, 1.165) is 0 Å². The molecule has 0 bridgehead atoms. The molecule has 0 radical (unpaired) electrons. The van der Waals surface area contributed by atoms with E-state index in [4.69, 9.17) is 11.6 Å². The van der Waals surface area contributed by atoms with Gasteiger partial charge in [0, 0.05) is 6.54 Å². The molecule has 0 saturated heterocycles. The van der Waals surface area contributed by atoms with Crippen LogP contribution in [0, 0.1) is 0 Å². The molecule has 0 aromatic rings. The van der Waals surface area contributed by atoms with Crippen molar-refractivity contribution in [1.29, 1.82) is 0 Å². The maximum atomic E-state index is 10.4. The van der Waals surface area contributed by atoms with Gasteiger partial charge in [-0.15, -0.1) is 11.6 Å². The number of carbonyl (C=O) groups excluding carboxylic acids is 1. The Labute approximate surface area is 97.9 Å². The van der Waals surface area contributed by atoms with Gasteiger partial charge in [0.25, 0.3) is 0 Å². The molecule has 0 aromatic heterocycles. The van der Waals surface area contributed by atoms with Gasteiger partial charge >= 0.3 is 29.6 Å². The first-order valence-corrected chi connectivity index (χ1v) is 4.83. The van der Waals surface area contributed by atoms with Crippen molar-refractivity contribution in [2.24, 2.45) is 0 Å². The van der Waals surface area contributed by atoms with Crippen molar-refractivity contribution in [3.05, 3.63) is 0 Å². The van der Waals surface area contributed by atoms with Crippen LogP contribution < -0.4 is 34.9 Å². The van der Waals surface area contributed by atoms with Gasteiger partial charge in [-0.25, -0.2) is 8.42 Å². The summed E-state index contributed by atoms with van der Waals surface area (Å²) in [6.07, 6.45) is 0. The van der Waals surface area contributed by atoms with Crippen LogP contribution in [0.15, 0.2) is 0 Å². The van der Waals surface area contributed by atoms with Gasteiger partial charge < -0.3 is 9.87 Å². The van der Waals surface area contributed by atoms with Gasteiger partial charge in [0.05, 0.1) is 15.9 Å². The van der Waals surface area contributed by atoms with Crippen molar-refractivity contribution in [1.82, 2.24) is 5.32 Å². The zero-order chi connectivity index (χ0) is 8.91. The Hall–Kier alpha value is 0.670. The number of carbonyl (C=O) groups is 1. The third kappa shape index (κ3) is 10.7. The molecule has 0 fully saturated rings. The summed E-state index contributed by atoms with van der Waals surface area (Å²) >= 11 is 5.06. The van der Waals surface area contributed by atoms with Crippen LogP contribution in [-0.4, -0.2) is 37.1 Å². The molecule has 8 heteroatoms. The number of halogens is 1. The SMILES string of the molecule is O=C(CCl)NCCS(=O)(=O)[O-].[Na+]. The van der Waals surface area contributed by atoms with Gasteiger partial charge in [0.15, 0.2) is 0 Å². The molecular weight excluding hydrogens is 217 g/mol. The van der Waals surface area contributed by atoms with E-state index in [9.17, 15) is 17.8 Å². The summed E-state index contributed by atoms with van der Waals surface area (Å²) in [5.74, 6) is -1.33. The fourth-order valence-electron chi connectivity index (χ4n) is 0.363. The van der Waals surface area contributed by atoms with Crippen LogP contribution in [0.3, 0.4) is 0 Å². The van der Waals surface area contributed by atoms with Gasteiger partial charge in [-0.2, -0.15) is 0 Å². The smallest absolute Gasteiger partial charge is 0.748 e. The largest absolute Gasteiger partial charge is 1.00 e. The molecule has 0 spiro atoms. The molecular formula is C4H7ClNNaO4S. The Morgan fingerprint density at radius 2 is 2.00 bits per heavy atom. The summed E-state index contributed by atoms with van der Waals surface area (Å²) in [5, 5.41) is 2.14.